The zero-order chi connectivity index (χ0) is 13.4. The van der Waals surface area contributed by atoms with E-state index >= 15 is 0 Å². The molecule has 3 rings (SSSR count). The van der Waals surface area contributed by atoms with Crippen LogP contribution in [0.4, 0.5) is 5.69 Å². The number of nitrogens with two attached hydrogens (primary N) is 1. The topological polar surface area (TPSA) is 51.8 Å². The Labute approximate surface area is 119 Å². The van der Waals surface area contributed by atoms with E-state index in [9.17, 15) is 0 Å². The molecule has 0 aliphatic rings. The molecular formula is C14H13N3S2. The van der Waals surface area contributed by atoms with Crippen molar-refractivity contribution >= 4 is 39.0 Å². The van der Waals surface area contributed by atoms with Crippen molar-refractivity contribution in [3.63, 3.8) is 0 Å². The molecule has 0 bridgehead atoms. The quantitative estimate of drug-likeness (QED) is 0.723. The number of thiazole rings is 1. The summed E-state index contributed by atoms with van der Waals surface area (Å²) in [6, 6.07) is 8.24. The number of benzene rings is 1. The third-order valence-electron chi connectivity index (χ3n) is 2.79. The van der Waals surface area contributed by atoms with Gasteiger partial charge in [0.05, 0.1) is 15.9 Å². The highest BCUT2D eigenvalue weighted by atomic mass is 32.2. The van der Waals surface area contributed by atoms with Crippen LogP contribution in [0.3, 0.4) is 0 Å². The van der Waals surface area contributed by atoms with E-state index in [1.165, 1.54) is 5.56 Å². The summed E-state index contributed by atoms with van der Waals surface area (Å²) in [7, 11) is 0. The van der Waals surface area contributed by atoms with Crippen LogP contribution in [-0.2, 0) is 0 Å². The maximum atomic E-state index is 6.18. The summed E-state index contributed by atoms with van der Waals surface area (Å²) in [6.45, 7) is 4.08. The Kier molecular flexibility index (Phi) is 3.16. The minimum atomic E-state index is 0.740. The van der Waals surface area contributed by atoms with Crippen molar-refractivity contribution in [1.82, 2.24) is 9.97 Å². The molecule has 3 aromatic rings. The normalized spacial score (nSPS) is 11.1. The number of pyridine rings is 1. The number of nitrogen functional groups attached to an aromatic ring is 1. The van der Waals surface area contributed by atoms with Crippen molar-refractivity contribution in [2.24, 2.45) is 0 Å². The van der Waals surface area contributed by atoms with E-state index in [0.29, 0.717) is 0 Å². The Morgan fingerprint density at radius 3 is 2.84 bits per heavy atom. The Hall–Kier alpha value is -1.59. The molecule has 2 aromatic heterocycles. The number of nitrogens with zero attached hydrogens (tertiary/aromatic N) is 2. The Morgan fingerprint density at radius 1 is 1.21 bits per heavy atom. The number of fused-ring (bicyclic) bond motifs is 1. The maximum Gasteiger partial charge on any atom is 0.105 e. The maximum absolute atomic E-state index is 6.18. The SMILES string of the molecule is Cc1cc(C)nc(Sc2ccc3scnc3c2N)c1. The van der Waals surface area contributed by atoms with Gasteiger partial charge in [-0.15, -0.1) is 11.3 Å². The van der Waals surface area contributed by atoms with Gasteiger partial charge in [-0.2, -0.15) is 0 Å². The molecule has 2 heterocycles. The zero-order valence-electron chi connectivity index (χ0n) is 10.7. The van der Waals surface area contributed by atoms with Gasteiger partial charge in [0.25, 0.3) is 0 Å². The molecule has 0 amide bonds. The van der Waals surface area contributed by atoms with Crippen molar-refractivity contribution < 1.29 is 0 Å². The first-order valence-corrected chi connectivity index (χ1v) is 7.58. The van der Waals surface area contributed by atoms with Crippen LogP contribution in [0.15, 0.2) is 39.7 Å². The van der Waals surface area contributed by atoms with E-state index in [2.05, 4.69) is 35.1 Å². The first kappa shape index (κ1) is 12.4. The van der Waals surface area contributed by atoms with Crippen molar-refractivity contribution in [1.29, 1.82) is 0 Å². The first-order valence-electron chi connectivity index (χ1n) is 5.88. The molecule has 0 aliphatic carbocycles. The van der Waals surface area contributed by atoms with Crippen molar-refractivity contribution in [3.8, 4) is 0 Å². The van der Waals surface area contributed by atoms with Gasteiger partial charge in [0.1, 0.15) is 10.5 Å². The lowest BCUT2D eigenvalue weighted by molar-refractivity contribution is 1.05. The average molecular weight is 287 g/mol. The summed E-state index contributed by atoms with van der Waals surface area (Å²) in [4.78, 5) is 9.85. The predicted molar refractivity (Wildman–Crippen MR) is 81.9 cm³/mol. The molecule has 0 radical (unpaired) electrons. The minimum absolute atomic E-state index is 0.740. The Balaban J connectivity index is 2.02. The van der Waals surface area contributed by atoms with Crippen LogP contribution in [0.2, 0.25) is 0 Å². The van der Waals surface area contributed by atoms with Crippen LogP contribution in [0.5, 0.6) is 0 Å². The van der Waals surface area contributed by atoms with Gasteiger partial charge in [0, 0.05) is 10.6 Å². The summed E-state index contributed by atoms with van der Waals surface area (Å²) in [5, 5.41) is 0.971. The molecule has 0 saturated carbocycles. The van der Waals surface area contributed by atoms with Crippen LogP contribution in [0.1, 0.15) is 11.3 Å². The zero-order valence-corrected chi connectivity index (χ0v) is 12.3. The fourth-order valence-corrected chi connectivity index (χ4v) is 3.69. The summed E-state index contributed by atoms with van der Waals surface area (Å²) < 4.78 is 1.12. The van der Waals surface area contributed by atoms with Gasteiger partial charge in [-0.3, -0.25) is 0 Å². The molecule has 2 N–H and O–H groups in total. The van der Waals surface area contributed by atoms with Crippen LogP contribution < -0.4 is 5.73 Å². The van der Waals surface area contributed by atoms with Gasteiger partial charge in [0.2, 0.25) is 0 Å². The lowest BCUT2D eigenvalue weighted by Crippen LogP contribution is -1.92. The highest BCUT2D eigenvalue weighted by molar-refractivity contribution is 7.99. The smallest absolute Gasteiger partial charge is 0.105 e. The summed E-state index contributed by atoms with van der Waals surface area (Å²) in [5.41, 5.74) is 11.9. The van der Waals surface area contributed by atoms with Gasteiger partial charge in [-0.05, 0) is 43.7 Å². The predicted octanol–water partition coefficient (Wildman–Crippen LogP) is 4.04. The summed E-state index contributed by atoms with van der Waals surface area (Å²) in [6.07, 6.45) is 0. The molecule has 0 atom stereocenters. The molecular weight excluding hydrogens is 274 g/mol. The number of aryl methyl sites for hydroxylation is 2. The number of anilines is 1. The standard InChI is InChI=1S/C14H13N3S2/c1-8-5-9(2)17-12(6-8)19-10-3-4-11-14(13(10)15)16-7-18-11/h3-7H,15H2,1-2H3. The molecule has 1 aromatic carbocycles. The molecule has 0 spiro atoms. The summed E-state index contributed by atoms with van der Waals surface area (Å²) in [5.74, 6) is 0. The lowest BCUT2D eigenvalue weighted by Gasteiger charge is -2.07. The highest BCUT2D eigenvalue weighted by Gasteiger charge is 2.09. The second-order valence-corrected chi connectivity index (χ2v) is 6.35. The van der Waals surface area contributed by atoms with Crippen molar-refractivity contribution in [2.45, 2.75) is 23.8 Å². The molecule has 0 fully saturated rings. The largest absolute Gasteiger partial charge is 0.396 e. The van der Waals surface area contributed by atoms with E-state index in [4.69, 9.17) is 5.73 Å². The Morgan fingerprint density at radius 2 is 2.05 bits per heavy atom. The third kappa shape index (κ3) is 2.43. The van der Waals surface area contributed by atoms with Crippen LogP contribution >= 0.6 is 23.1 Å². The van der Waals surface area contributed by atoms with Gasteiger partial charge in [-0.1, -0.05) is 11.8 Å². The first-order chi connectivity index (χ1) is 9.13. The molecule has 0 unspecified atom stereocenters. The summed E-state index contributed by atoms with van der Waals surface area (Å²) >= 11 is 3.19. The number of hydrogen-bond acceptors (Lipinski definition) is 5. The van der Waals surface area contributed by atoms with Crippen LogP contribution in [0, 0.1) is 13.8 Å². The monoisotopic (exact) mass is 287 g/mol. The van der Waals surface area contributed by atoms with E-state index in [0.717, 1.165) is 31.5 Å². The van der Waals surface area contributed by atoms with Gasteiger partial charge >= 0.3 is 0 Å². The average Bonchev–Trinajstić information content (AvgIpc) is 2.80. The van der Waals surface area contributed by atoms with E-state index < -0.39 is 0 Å². The molecule has 96 valence electrons. The second kappa shape index (κ2) is 4.83. The molecule has 0 aliphatic heterocycles. The number of rotatable bonds is 2. The van der Waals surface area contributed by atoms with Gasteiger partial charge < -0.3 is 5.73 Å². The molecule has 19 heavy (non-hydrogen) atoms. The third-order valence-corrected chi connectivity index (χ3v) is 4.58. The van der Waals surface area contributed by atoms with E-state index in [1.807, 2.05) is 18.5 Å². The van der Waals surface area contributed by atoms with Gasteiger partial charge in [0.15, 0.2) is 0 Å². The number of aromatic nitrogens is 2. The van der Waals surface area contributed by atoms with Gasteiger partial charge in [-0.25, -0.2) is 9.97 Å². The molecule has 5 heteroatoms. The second-order valence-electron chi connectivity index (χ2n) is 4.40. The van der Waals surface area contributed by atoms with Crippen LogP contribution in [0.25, 0.3) is 10.2 Å². The lowest BCUT2D eigenvalue weighted by atomic mass is 10.3. The fourth-order valence-electron chi connectivity index (χ4n) is 1.99. The molecule has 0 saturated heterocycles. The number of hydrogen-bond donors (Lipinski definition) is 1. The van der Waals surface area contributed by atoms with Crippen molar-refractivity contribution in [3.05, 3.63) is 41.0 Å². The van der Waals surface area contributed by atoms with E-state index in [-0.39, 0.29) is 0 Å². The Bertz CT molecular complexity index is 729. The molecule has 3 nitrogen and oxygen atoms in total. The minimum Gasteiger partial charge on any atom is -0.396 e. The van der Waals surface area contributed by atoms with E-state index in [1.54, 1.807) is 23.1 Å². The highest BCUT2D eigenvalue weighted by Crippen LogP contribution is 2.36. The van der Waals surface area contributed by atoms with Crippen LogP contribution in [-0.4, -0.2) is 9.97 Å². The van der Waals surface area contributed by atoms with Crippen molar-refractivity contribution in [2.75, 3.05) is 5.73 Å². The fraction of sp³-hybridized carbons (Fsp3) is 0.143.